The number of carbonyl (C=O) groups is 2. The summed E-state index contributed by atoms with van der Waals surface area (Å²) in [7, 11) is 0. The summed E-state index contributed by atoms with van der Waals surface area (Å²) in [5, 5.41) is 12.4. The van der Waals surface area contributed by atoms with E-state index < -0.39 is 18.1 Å². The minimum absolute atomic E-state index is 0.0940. The quantitative estimate of drug-likeness (QED) is 0.277. The number of benzene rings is 3. The molecule has 1 atom stereocenters. The van der Waals surface area contributed by atoms with Gasteiger partial charge in [-0.2, -0.15) is 0 Å². The molecular weight excluding hydrogens is 492 g/mol. The van der Waals surface area contributed by atoms with Gasteiger partial charge in [-0.3, -0.25) is 0 Å². The summed E-state index contributed by atoms with van der Waals surface area (Å²) in [6.07, 6.45) is -0.590. The van der Waals surface area contributed by atoms with Gasteiger partial charge in [0.05, 0.1) is 6.54 Å². The number of aliphatic carboxylic acids is 1. The molecule has 2 N–H and O–H groups in total. The Balaban J connectivity index is 1.20. The largest absolute Gasteiger partial charge is 0.492 e. The van der Waals surface area contributed by atoms with Gasteiger partial charge in [-0.05, 0) is 59.9 Å². The molecule has 0 fully saturated rings. The molecule has 0 radical (unpaired) electrons. The van der Waals surface area contributed by atoms with Crippen molar-refractivity contribution in [2.75, 3.05) is 13.2 Å². The molecule has 0 spiro atoms. The molecule has 200 valence electrons. The van der Waals surface area contributed by atoms with Crippen molar-refractivity contribution >= 4 is 12.1 Å². The lowest BCUT2D eigenvalue weighted by Crippen LogP contribution is -2.43. The van der Waals surface area contributed by atoms with E-state index >= 15 is 0 Å². The molecule has 7 nitrogen and oxygen atoms in total. The molecule has 0 saturated carbocycles. The van der Waals surface area contributed by atoms with Gasteiger partial charge in [-0.1, -0.05) is 66.7 Å². The van der Waals surface area contributed by atoms with E-state index in [0.717, 1.165) is 45.0 Å². The second-order valence-corrected chi connectivity index (χ2v) is 9.77. The van der Waals surface area contributed by atoms with Gasteiger partial charge in [0.25, 0.3) is 0 Å². The van der Waals surface area contributed by atoms with E-state index in [1.54, 1.807) is 0 Å². The van der Waals surface area contributed by atoms with Crippen LogP contribution in [0.15, 0.2) is 84.9 Å². The molecule has 5 rings (SSSR count). The number of alkyl carbamates (subject to hydrolysis) is 1. The van der Waals surface area contributed by atoms with E-state index in [2.05, 4.69) is 22.0 Å². The highest BCUT2D eigenvalue weighted by atomic mass is 16.5. The number of hydrogen-bond donors (Lipinski definition) is 2. The molecule has 1 amide bonds. The summed E-state index contributed by atoms with van der Waals surface area (Å²) in [5.41, 5.74) is 7.28. The van der Waals surface area contributed by atoms with E-state index in [9.17, 15) is 14.7 Å². The normalized spacial score (nSPS) is 12.9. The Kier molecular flexibility index (Phi) is 7.68. The molecule has 1 unspecified atom stereocenters. The zero-order valence-corrected chi connectivity index (χ0v) is 22.1. The van der Waals surface area contributed by atoms with Gasteiger partial charge in [0.2, 0.25) is 0 Å². The highest BCUT2D eigenvalue weighted by Crippen LogP contribution is 2.44. The zero-order valence-electron chi connectivity index (χ0n) is 22.1. The number of para-hydroxylation sites is 1. The van der Waals surface area contributed by atoms with Gasteiger partial charge >= 0.3 is 12.1 Å². The van der Waals surface area contributed by atoms with E-state index in [-0.39, 0.29) is 18.9 Å². The standard InChI is InChI=1S/C32H32N2O5/c1-21-18-23(22(2)34(21)16-17-38-24-10-4-3-5-11-24)19-30(31(35)36)33-32(37)39-20-29-27-14-8-6-12-25(27)26-13-7-9-15-28(26)29/h3-15,18,29-30H,16-17,19-20H2,1-2H3,(H,33,37)(H,35,36). The number of fused-ring (bicyclic) bond motifs is 3. The summed E-state index contributed by atoms with van der Waals surface area (Å²) >= 11 is 0. The highest BCUT2D eigenvalue weighted by molar-refractivity contribution is 5.81. The fraction of sp³-hybridized carbons (Fsp3) is 0.250. The van der Waals surface area contributed by atoms with E-state index in [4.69, 9.17) is 9.47 Å². The summed E-state index contributed by atoms with van der Waals surface area (Å²) in [6.45, 7) is 5.18. The summed E-state index contributed by atoms with van der Waals surface area (Å²) < 4.78 is 13.5. The number of ether oxygens (including phenoxy) is 2. The predicted octanol–water partition coefficient (Wildman–Crippen LogP) is 5.72. The molecule has 7 heteroatoms. The van der Waals surface area contributed by atoms with Crippen LogP contribution in [0.2, 0.25) is 0 Å². The lowest BCUT2D eigenvalue weighted by molar-refractivity contribution is -0.139. The molecule has 39 heavy (non-hydrogen) atoms. The fourth-order valence-corrected chi connectivity index (χ4v) is 5.40. The Labute approximate surface area is 228 Å². The monoisotopic (exact) mass is 524 g/mol. The SMILES string of the molecule is Cc1cc(CC(NC(=O)OCC2c3ccccc3-c3ccccc32)C(=O)O)c(C)n1CCOc1ccccc1. The maximum absolute atomic E-state index is 12.7. The van der Waals surface area contributed by atoms with Gasteiger partial charge in [0.15, 0.2) is 0 Å². The molecule has 1 aromatic heterocycles. The molecular formula is C32H32N2O5. The van der Waals surface area contributed by atoms with E-state index in [0.29, 0.717) is 13.2 Å². The second kappa shape index (κ2) is 11.5. The smallest absolute Gasteiger partial charge is 0.407 e. The van der Waals surface area contributed by atoms with Crippen LogP contribution in [0.25, 0.3) is 11.1 Å². The van der Waals surface area contributed by atoms with Crippen molar-refractivity contribution < 1.29 is 24.2 Å². The molecule has 0 saturated heterocycles. The average molecular weight is 525 g/mol. The number of carboxylic acid groups (broad SMARTS) is 1. The van der Waals surface area contributed by atoms with E-state index in [1.165, 1.54) is 0 Å². The Morgan fingerprint density at radius 3 is 2.18 bits per heavy atom. The molecule has 1 aliphatic carbocycles. The molecule has 0 aliphatic heterocycles. The Morgan fingerprint density at radius 2 is 1.54 bits per heavy atom. The van der Waals surface area contributed by atoms with Crippen LogP contribution in [-0.2, 0) is 22.5 Å². The molecule has 4 aromatic rings. The van der Waals surface area contributed by atoms with Crippen LogP contribution < -0.4 is 10.1 Å². The Bertz CT molecular complexity index is 1430. The third-order valence-corrected chi connectivity index (χ3v) is 7.36. The second-order valence-electron chi connectivity index (χ2n) is 9.77. The first-order valence-corrected chi connectivity index (χ1v) is 13.1. The number of hydrogen-bond acceptors (Lipinski definition) is 4. The number of nitrogens with one attached hydrogen (secondary N) is 1. The van der Waals surface area contributed by atoms with Crippen LogP contribution in [0.4, 0.5) is 4.79 Å². The van der Waals surface area contributed by atoms with Crippen LogP contribution in [0, 0.1) is 13.8 Å². The van der Waals surface area contributed by atoms with Crippen molar-refractivity contribution in [2.45, 2.75) is 38.8 Å². The molecule has 0 bridgehead atoms. The summed E-state index contributed by atoms with van der Waals surface area (Å²) in [4.78, 5) is 24.8. The first kappa shape index (κ1) is 26.1. The van der Waals surface area contributed by atoms with Gasteiger partial charge in [0, 0.05) is 23.7 Å². The van der Waals surface area contributed by atoms with Crippen molar-refractivity contribution in [1.29, 1.82) is 0 Å². The lowest BCUT2D eigenvalue weighted by atomic mass is 9.98. The third-order valence-electron chi connectivity index (χ3n) is 7.36. The number of nitrogens with zero attached hydrogens (tertiary/aromatic N) is 1. The minimum atomic E-state index is -1.12. The van der Waals surface area contributed by atoms with Crippen LogP contribution in [0.1, 0.15) is 34.0 Å². The fourth-order valence-electron chi connectivity index (χ4n) is 5.40. The zero-order chi connectivity index (χ0) is 27.4. The average Bonchev–Trinajstić information content (AvgIpc) is 3.40. The first-order chi connectivity index (χ1) is 18.9. The number of rotatable bonds is 10. The van der Waals surface area contributed by atoms with Crippen molar-refractivity contribution in [2.24, 2.45) is 0 Å². The number of aromatic nitrogens is 1. The van der Waals surface area contributed by atoms with E-state index in [1.807, 2.05) is 86.6 Å². The van der Waals surface area contributed by atoms with Crippen LogP contribution in [-0.4, -0.2) is 41.0 Å². The van der Waals surface area contributed by atoms with Crippen molar-refractivity contribution in [1.82, 2.24) is 9.88 Å². The van der Waals surface area contributed by atoms with Gasteiger partial charge in [0.1, 0.15) is 25.0 Å². The topological polar surface area (TPSA) is 89.8 Å². The Morgan fingerprint density at radius 1 is 0.923 bits per heavy atom. The number of amides is 1. The summed E-state index contributed by atoms with van der Waals surface area (Å²) in [6, 6.07) is 26.6. The maximum Gasteiger partial charge on any atom is 0.407 e. The Hall–Kier alpha value is -4.52. The van der Waals surface area contributed by atoms with Gasteiger partial charge in [-0.15, -0.1) is 0 Å². The summed E-state index contributed by atoms with van der Waals surface area (Å²) in [5.74, 6) is -0.400. The lowest BCUT2D eigenvalue weighted by Gasteiger charge is -2.18. The van der Waals surface area contributed by atoms with Gasteiger partial charge < -0.3 is 24.5 Å². The maximum atomic E-state index is 12.7. The number of carboxylic acids is 1. The van der Waals surface area contributed by atoms with Crippen molar-refractivity contribution in [3.05, 3.63) is 113 Å². The third kappa shape index (κ3) is 5.67. The van der Waals surface area contributed by atoms with Gasteiger partial charge in [-0.25, -0.2) is 9.59 Å². The number of aryl methyl sites for hydroxylation is 1. The predicted molar refractivity (Wildman–Crippen MR) is 149 cm³/mol. The highest BCUT2D eigenvalue weighted by Gasteiger charge is 2.30. The van der Waals surface area contributed by atoms with Crippen LogP contribution >= 0.6 is 0 Å². The number of carbonyl (C=O) groups excluding carboxylic acids is 1. The molecule has 1 heterocycles. The molecule has 1 aliphatic rings. The van der Waals surface area contributed by atoms with Crippen LogP contribution in [0.3, 0.4) is 0 Å². The van der Waals surface area contributed by atoms with Crippen LogP contribution in [0.5, 0.6) is 5.75 Å². The van der Waals surface area contributed by atoms with Crippen molar-refractivity contribution in [3.8, 4) is 16.9 Å². The first-order valence-electron chi connectivity index (χ1n) is 13.1. The molecule has 3 aromatic carbocycles. The van der Waals surface area contributed by atoms with Crippen molar-refractivity contribution in [3.63, 3.8) is 0 Å². The minimum Gasteiger partial charge on any atom is -0.492 e.